The Bertz CT molecular complexity index is 1350. The summed E-state index contributed by atoms with van der Waals surface area (Å²) >= 11 is 0. The van der Waals surface area contributed by atoms with Crippen molar-refractivity contribution in [3.63, 3.8) is 0 Å². The van der Waals surface area contributed by atoms with E-state index in [9.17, 15) is 24.1 Å². The molecule has 1 saturated heterocycles. The lowest BCUT2D eigenvalue weighted by Gasteiger charge is -2.35. The first-order valence-electron chi connectivity index (χ1n) is 10.4. The number of nitrogens with zero attached hydrogens (tertiary/aromatic N) is 3. The maximum atomic E-state index is 14.3. The summed E-state index contributed by atoms with van der Waals surface area (Å²) in [6.07, 6.45) is 3.60. The van der Waals surface area contributed by atoms with Crippen molar-refractivity contribution in [3.8, 4) is 12.1 Å². The monoisotopic (exact) mass is 437 g/mol. The average Bonchev–Trinajstić information content (AvgIpc) is 3.15. The quantitative estimate of drug-likeness (QED) is 0.525. The van der Waals surface area contributed by atoms with Crippen LogP contribution in [0.5, 0.6) is 0 Å². The number of carbonyl (C=O) groups excluding carboxylic acids is 1. The average molecular weight is 437 g/mol. The van der Waals surface area contributed by atoms with Crippen molar-refractivity contribution >= 4 is 17.5 Å². The molecule has 33 heavy (non-hydrogen) atoms. The third kappa shape index (κ3) is 3.03. The van der Waals surface area contributed by atoms with E-state index >= 15 is 0 Å². The van der Waals surface area contributed by atoms with Gasteiger partial charge in [0.05, 0.1) is 18.2 Å². The third-order valence-corrected chi connectivity index (χ3v) is 6.52. The largest absolute Gasteiger partial charge is 0.351 e. The number of nitriles is 2. The van der Waals surface area contributed by atoms with E-state index in [0.29, 0.717) is 11.3 Å². The number of ketones is 1. The smallest absolute Gasteiger partial charge is 0.185 e. The Balaban J connectivity index is 1.79. The van der Waals surface area contributed by atoms with Gasteiger partial charge in [0, 0.05) is 17.2 Å². The van der Waals surface area contributed by atoms with E-state index in [1.165, 1.54) is 42.5 Å². The number of Topliss-reactive ketones (excluding diaryl/α,β-unsaturated/α-hetero) is 1. The molecule has 0 amide bonds. The molecule has 3 atom stereocenters. The summed E-state index contributed by atoms with van der Waals surface area (Å²) in [6, 6.07) is 20.9. The molecular weight excluding hydrogens is 420 g/mol. The molecule has 4 nitrogen and oxygen atoms in total. The lowest BCUT2D eigenvalue weighted by molar-refractivity contribution is 0.0951. The third-order valence-electron chi connectivity index (χ3n) is 6.52. The molecule has 0 unspecified atom stereocenters. The van der Waals surface area contributed by atoms with Crippen LogP contribution in [0.25, 0.3) is 6.08 Å². The van der Waals surface area contributed by atoms with Gasteiger partial charge in [0.1, 0.15) is 17.7 Å². The first-order chi connectivity index (χ1) is 16.0. The number of fused-ring (bicyclic) bond motifs is 3. The van der Waals surface area contributed by atoms with Crippen molar-refractivity contribution in [2.75, 3.05) is 4.90 Å². The number of anilines is 1. The van der Waals surface area contributed by atoms with Crippen molar-refractivity contribution in [3.05, 3.63) is 107 Å². The normalized spacial score (nSPS) is 22.1. The topological polar surface area (TPSA) is 67.9 Å². The molecule has 2 aliphatic rings. The van der Waals surface area contributed by atoms with Crippen molar-refractivity contribution in [2.45, 2.75) is 18.0 Å². The Hall–Kier alpha value is -4.29. The number of para-hydroxylation sites is 1. The highest BCUT2D eigenvalue weighted by atomic mass is 19.1. The number of carbonyl (C=O) groups is 1. The summed E-state index contributed by atoms with van der Waals surface area (Å²) < 4.78 is 27.8. The van der Waals surface area contributed by atoms with Crippen molar-refractivity contribution in [1.29, 1.82) is 10.5 Å². The van der Waals surface area contributed by atoms with Gasteiger partial charge in [-0.2, -0.15) is 10.5 Å². The lowest BCUT2D eigenvalue weighted by atomic mass is 9.69. The SMILES string of the molecule is N#CC1(C#N)[C@@H]2C=Cc3ccccc3N2[C@@H](C(=O)c2ccc(F)cc2)[C@@H]1c1cccc(F)c1. The summed E-state index contributed by atoms with van der Waals surface area (Å²) in [5, 5.41) is 20.6. The number of hydrogen-bond acceptors (Lipinski definition) is 4. The highest BCUT2D eigenvalue weighted by molar-refractivity contribution is 6.04. The van der Waals surface area contributed by atoms with Crippen LogP contribution in [0, 0.1) is 39.7 Å². The van der Waals surface area contributed by atoms with E-state index in [-0.39, 0.29) is 11.3 Å². The van der Waals surface area contributed by atoms with Gasteiger partial charge >= 0.3 is 0 Å². The van der Waals surface area contributed by atoms with E-state index in [1.54, 1.807) is 17.0 Å². The van der Waals surface area contributed by atoms with E-state index < -0.39 is 35.1 Å². The van der Waals surface area contributed by atoms with Gasteiger partial charge in [0.2, 0.25) is 0 Å². The number of hydrogen-bond donors (Lipinski definition) is 0. The summed E-state index contributed by atoms with van der Waals surface area (Å²) in [4.78, 5) is 15.7. The molecule has 0 aromatic heterocycles. The number of rotatable bonds is 3. The van der Waals surface area contributed by atoms with Gasteiger partial charge in [-0.05, 0) is 53.6 Å². The molecule has 0 bridgehead atoms. The minimum Gasteiger partial charge on any atom is -0.351 e. The van der Waals surface area contributed by atoms with Gasteiger partial charge in [0.15, 0.2) is 11.2 Å². The van der Waals surface area contributed by atoms with Crippen molar-refractivity contribution in [2.24, 2.45) is 5.41 Å². The highest BCUT2D eigenvalue weighted by Gasteiger charge is 2.63. The standard InChI is InChI=1S/C27H17F2N3O/c28-20-11-8-18(9-12-20)26(33)25-24(19-5-3-6-21(29)14-19)27(15-30,16-31)23-13-10-17-4-1-2-7-22(17)32(23)25/h1-14,23-25H/t23-,24-,25+/m0/s1. The van der Waals surface area contributed by atoms with E-state index in [0.717, 1.165) is 5.56 Å². The summed E-state index contributed by atoms with van der Waals surface area (Å²) in [6.45, 7) is 0. The first kappa shape index (κ1) is 20.6. The maximum Gasteiger partial charge on any atom is 0.185 e. The Morgan fingerprint density at radius 2 is 1.64 bits per heavy atom. The second kappa shape index (κ2) is 7.69. The van der Waals surface area contributed by atoms with Crippen LogP contribution in [-0.4, -0.2) is 17.9 Å². The lowest BCUT2D eigenvalue weighted by Crippen LogP contribution is -2.44. The van der Waals surface area contributed by atoms with E-state index in [4.69, 9.17) is 0 Å². The zero-order valence-corrected chi connectivity index (χ0v) is 17.3. The Morgan fingerprint density at radius 3 is 2.33 bits per heavy atom. The molecule has 2 heterocycles. The second-order valence-electron chi connectivity index (χ2n) is 8.21. The van der Waals surface area contributed by atoms with Crippen LogP contribution >= 0.6 is 0 Å². The zero-order chi connectivity index (χ0) is 23.2. The molecule has 0 saturated carbocycles. The number of halogens is 2. The fourth-order valence-corrected chi connectivity index (χ4v) is 5.09. The molecule has 1 fully saturated rings. The Kier molecular flexibility index (Phi) is 4.80. The van der Waals surface area contributed by atoms with Crippen LogP contribution in [0.2, 0.25) is 0 Å². The predicted molar refractivity (Wildman–Crippen MR) is 119 cm³/mol. The minimum absolute atomic E-state index is 0.250. The highest BCUT2D eigenvalue weighted by Crippen LogP contribution is 2.55. The fraction of sp³-hybridized carbons (Fsp3) is 0.148. The molecule has 6 heteroatoms. The zero-order valence-electron chi connectivity index (χ0n) is 17.3. The van der Waals surface area contributed by atoms with Gasteiger partial charge in [-0.1, -0.05) is 42.5 Å². The summed E-state index contributed by atoms with van der Waals surface area (Å²) in [5.74, 6) is -2.31. The second-order valence-corrected chi connectivity index (χ2v) is 8.21. The minimum atomic E-state index is -1.65. The van der Waals surface area contributed by atoms with Gasteiger partial charge in [-0.15, -0.1) is 0 Å². The number of benzene rings is 3. The van der Waals surface area contributed by atoms with Gasteiger partial charge < -0.3 is 4.90 Å². The predicted octanol–water partition coefficient (Wildman–Crippen LogP) is 5.25. The van der Waals surface area contributed by atoms with E-state index in [2.05, 4.69) is 12.1 Å². The van der Waals surface area contributed by atoms with Crippen LogP contribution in [0.15, 0.2) is 78.9 Å². The van der Waals surface area contributed by atoms with Crippen LogP contribution in [0.4, 0.5) is 14.5 Å². The molecule has 0 aliphatic carbocycles. The summed E-state index contributed by atoms with van der Waals surface area (Å²) in [5.41, 5.74) is 0.534. The van der Waals surface area contributed by atoms with Crippen LogP contribution < -0.4 is 4.90 Å². The molecule has 3 aromatic carbocycles. The van der Waals surface area contributed by atoms with Crippen LogP contribution in [0.1, 0.15) is 27.4 Å². The van der Waals surface area contributed by atoms with Gasteiger partial charge in [-0.3, -0.25) is 4.79 Å². The summed E-state index contributed by atoms with van der Waals surface area (Å²) in [7, 11) is 0. The molecule has 2 aliphatic heterocycles. The molecule has 0 radical (unpaired) electrons. The van der Waals surface area contributed by atoms with Gasteiger partial charge in [0.25, 0.3) is 0 Å². The molecule has 0 N–H and O–H groups in total. The molecule has 3 aromatic rings. The van der Waals surface area contributed by atoms with Crippen molar-refractivity contribution in [1.82, 2.24) is 0 Å². The van der Waals surface area contributed by atoms with Crippen LogP contribution in [0.3, 0.4) is 0 Å². The van der Waals surface area contributed by atoms with Gasteiger partial charge in [-0.25, -0.2) is 8.78 Å². The Morgan fingerprint density at radius 1 is 0.909 bits per heavy atom. The van der Waals surface area contributed by atoms with Crippen molar-refractivity contribution < 1.29 is 13.6 Å². The molecule has 160 valence electrons. The first-order valence-corrected chi connectivity index (χ1v) is 10.4. The van der Waals surface area contributed by atoms with E-state index in [1.807, 2.05) is 30.3 Å². The fourth-order valence-electron chi connectivity index (χ4n) is 5.09. The van der Waals surface area contributed by atoms with Crippen LogP contribution in [-0.2, 0) is 0 Å². The maximum absolute atomic E-state index is 14.3. The molecule has 5 rings (SSSR count). The molecule has 0 spiro atoms. The molecular formula is C27H17F2N3O. The Labute approximate surface area is 189 Å².